The molecule has 0 amide bonds. The average molecular weight is 361 g/mol. The van der Waals surface area contributed by atoms with Crippen LogP contribution in [0.15, 0.2) is 24.3 Å². The second-order valence-corrected chi connectivity index (χ2v) is 9.25. The number of hydrogen-bond acceptors (Lipinski definition) is 1. The van der Waals surface area contributed by atoms with E-state index >= 15 is 0 Å². The van der Waals surface area contributed by atoms with Gasteiger partial charge in [0.1, 0.15) is 5.82 Å². The lowest BCUT2D eigenvalue weighted by molar-refractivity contribution is 0.0845. The van der Waals surface area contributed by atoms with E-state index in [2.05, 4.69) is 19.9 Å². The van der Waals surface area contributed by atoms with Gasteiger partial charge >= 0.3 is 0 Å². The molecule has 3 rings (SSSR count). The van der Waals surface area contributed by atoms with E-state index in [1.54, 1.807) is 6.07 Å². The molecule has 1 aromatic rings. The molecule has 0 radical (unpaired) electrons. The molecule has 2 aliphatic carbocycles. The van der Waals surface area contributed by atoms with Crippen molar-refractivity contribution in [3.63, 3.8) is 0 Å². The Morgan fingerprint density at radius 1 is 0.923 bits per heavy atom. The third-order valence-corrected chi connectivity index (χ3v) is 7.22. The van der Waals surface area contributed by atoms with Gasteiger partial charge in [-0.3, -0.25) is 0 Å². The van der Waals surface area contributed by atoms with Crippen LogP contribution < -0.4 is 0 Å². The second kappa shape index (κ2) is 9.35. The minimum Gasteiger partial charge on any atom is -0.393 e. The van der Waals surface area contributed by atoms with Gasteiger partial charge in [-0.1, -0.05) is 32.4 Å². The number of aliphatic hydroxyl groups excluding tert-OH is 1. The molecule has 0 spiro atoms. The molecule has 0 bridgehead atoms. The molecular formula is C24H37FO. The van der Waals surface area contributed by atoms with E-state index in [9.17, 15) is 9.50 Å². The van der Waals surface area contributed by atoms with Crippen LogP contribution in [0, 0.1) is 29.5 Å². The Bertz CT molecular complexity index is 545. The molecule has 0 aromatic heterocycles. The molecular weight excluding hydrogens is 323 g/mol. The van der Waals surface area contributed by atoms with Crippen molar-refractivity contribution >= 4 is 0 Å². The van der Waals surface area contributed by atoms with Gasteiger partial charge < -0.3 is 5.11 Å². The zero-order chi connectivity index (χ0) is 18.5. The number of halogens is 1. The molecule has 2 fully saturated rings. The van der Waals surface area contributed by atoms with E-state index < -0.39 is 0 Å². The summed E-state index contributed by atoms with van der Waals surface area (Å²) in [5.74, 6) is 3.74. The normalized spacial score (nSPS) is 27.1. The van der Waals surface area contributed by atoms with Crippen LogP contribution in [0.4, 0.5) is 4.39 Å². The van der Waals surface area contributed by atoms with Crippen molar-refractivity contribution in [3.8, 4) is 0 Å². The van der Waals surface area contributed by atoms with Crippen LogP contribution in [0.2, 0.25) is 0 Å². The molecule has 2 saturated carbocycles. The second-order valence-electron chi connectivity index (χ2n) is 9.25. The van der Waals surface area contributed by atoms with E-state index in [1.165, 1.54) is 51.0 Å². The van der Waals surface area contributed by atoms with Gasteiger partial charge in [-0.25, -0.2) is 4.39 Å². The summed E-state index contributed by atoms with van der Waals surface area (Å²) < 4.78 is 13.5. The van der Waals surface area contributed by atoms with Gasteiger partial charge in [0.2, 0.25) is 0 Å². The number of rotatable bonds is 9. The Morgan fingerprint density at radius 2 is 1.58 bits per heavy atom. The third kappa shape index (κ3) is 5.81. The van der Waals surface area contributed by atoms with E-state index in [1.807, 2.05) is 6.07 Å². The highest BCUT2D eigenvalue weighted by Gasteiger charge is 2.31. The molecule has 3 unspecified atom stereocenters. The molecule has 26 heavy (non-hydrogen) atoms. The molecule has 1 nitrogen and oxygen atoms in total. The van der Waals surface area contributed by atoms with Gasteiger partial charge in [0.15, 0.2) is 0 Å². The summed E-state index contributed by atoms with van der Waals surface area (Å²) in [5.41, 5.74) is 1.13. The largest absolute Gasteiger partial charge is 0.393 e. The van der Waals surface area contributed by atoms with Crippen LogP contribution in [-0.4, -0.2) is 11.2 Å². The van der Waals surface area contributed by atoms with Gasteiger partial charge in [0, 0.05) is 0 Å². The smallest absolute Gasteiger partial charge is 0.123 e. The van der Waals surface area contributed by atoms with Crippen LogP contribution in [0.1, 0.15) is 89.5 Å². The SMILES string of the molecule is CC(CCC(CCC(C)C1CC1)C1CCC(O)CC1)c1cccc(F)c1. The summed E-state index contributed by atoms with van der Waals surface area (Å²) in [7, 11) is 0. The summed E-state index contributed by atoms with van der Waals surface area (Å²) in [4.78, 5) is 0. The Morgan fingerprint density at radius 3 is 2.23 bits per heavy atom. The number of aliphatic hydroxyl groups is 1. The first-order chi connectivity index (χ1) is 12.5. The molecule has 146 valence electrons. The van der Waals surface area contributed by atoms with Gasteiger partial charge in [-0.15, -0.1) is 0 Å². The van der Waals surface area contributed by atoms with Crippen molar-refractivity contribution in [2.24, 2.45) is 23.7 Å². The fourth-order valence-corrected chi connectivity index (χ4v) is 5.01. The van der Waals surface area contributed by atoms with E-state index in [0.29, 0.717) is 5.92 Å². The summed E-state index contributed by atoms with van der Waals surface area (Å²) in [6.45, 7) is 4.68. The summed E-state index contributed by atoms with van der Waals surface area (Å²) in [6.07, 6.45) is 12.3. The maximum atomic E-state index is 13.5. The highest BCUT2D eigenvalue weighted by molar-refractivity contribution is 5.19. The van der Waals surface area contributed by atoms with Crippen LogP contribution in [-0.2, 0) is 0 Å². The van der Waals surface area contributed by atoms with E-state index in [-0.39, 0.29) is 11.9 Å². The van der Waals surface area contributed by atoms with Crippen LogP contribution >= 0.6 is 0 Å². The molecule has 1 aromatic carbocycles. The van der Waals surface area contributed by atoms with Crippen LogP contribution in [0.25, 0.3) is 0 Å². The highest BCUT2D eigenvalue weighted by atomic mass is 19.1. The van der Waals surface area contributed by atoms with Gasteiger partial charge in [0.25, 0.3) is 0 Å². The average Bonchev–Trinajstić information content (AvgIpc) is 3.47. The van der Waals surface area contributed by atoms with Crippen molar-refractivity contribution in [2.75, 3.05) is 0 Å². The Kier molecular flexibility index (Phi) is 7.14. The summed E-state index contributed by atoms with van der Waals surface area (Å²) >= 11 is 0. The molecule has 0 saturated heterocycles. The lowest BCUT2D eigenvalue weighted by atomic mass is 9.73. The van der Waals surface area contributed by atoms with Crippen LogP contribution in [0.5, 0.6) is 0 Å². The predicted octanol–water partition coefficient (Wildman–Crippen LogP) is 6.70. The Hall–Kier alpha value is -0.890. The minimum absolute atomic E-state index is 0.0662. The van der Waals surface area contributed by atoms with Crippen molar-refractivity contribution < 1.29 is 9.50 Å². The summed E-state index contributed by atoms with van der Waals surface area (Å²) in [5, 5.41) is 9.87. The molecule has 0 heterocycles. The van der Waals surface area contributed by atoms with Gasteiger partial charge in [-0.05, 0) is 105 Å². The van der Waals surface area contributed by atoms with E-state index in [0.717, 1.165) is 48.5 Å². The Balaban J connectivity index is 1.54. The molecule has 0 aliphatic heterocycles. The maximum absolute atomic E-state index is 13.5. The van der Waals surface area contributed by atoms with Gasteiger partial charge in [-0.2, -0.15) is 0 Å². The first kappa shape index (κ1) is 19.9. The molecule has 3 atom stereocenters. The minimum atomic E-state index is -0.120. The molecule has 2 heteroatoms. The van der Waals surface area contributed by atoms with Crippen LogP contribution in [0.3, 0.4) is 0 Å². The zero-order valence-electron chi connectivity index (χ0n) is 16.7. The summed E-state index contributed by atoms with van der Waals surface area (Å²) in [6, 6.07) is 7.13. The fourth-order valence-electron chi connectivity index (χ4n) is 5.01. The van der Waals surface area contributed by atoms with Gasteiger partial charge in [0.05, 0.1) is 6.10 Å². The number of benzene rings is 1. The van der Waals surface area contributed by atoms with Crippen molar-refractivity contribution in [1.29, 1.82) is 0 Å². The monoisotopic (exact) mass is 360 g/mol. The maximum Gasteiger partial charge on any atom is 0.123 e. The predicted molar refractivity (Wildman–Crippen MR) is 107 cm³/mol. The van der Waals surface area contributed by atoms with Crippen molar-refractivity contribution in [1.82, 2.24) is 0 Å². The first-order valence-corrected chi connectivity index (χ1v) is 11.0. The quantitative estimate of drug-likeness (QED) is 0.519. The Labute approximate surface area is 159 Å². The lowest BCUT2D eigenvalue weighted by Crippen LogP contribution is -2.25. The molecule has 2 aliphatic rings. The number of hydrogen-bond donors (Lipinski definition) is 1. The zero-order valence-corrected chi connectivity index (χ0v) is 16.7. The lowest BCUT2D eigenvalue weighted by Gasteiger charge is -2.33. The van der Waals surface area contributed by atoms with Crippen molar-refractivity contribution in [2.45, 2.75) is 90.1 Å². The standard InChI is InChI=1S/C24H37FO/c1-17(19-10-11-19)6-8-20(21-12-14-24(26)15-13-21)9-7-18(2)22-4-3-5-23(25)16-22/h3-5,16-21,24,26H,6-15H2,1-2H3. The third-order valence-electron chi connectivity index (χ3n) is 7.22. The highest BCUT2D eigenvalue weighted by Crippen LogP contribution is 2.42. The first-order valence-electron chi connectivity index (χ1n) is 11.0. The topological polar surface area (TPSA) is 20.2 Å². The van der Waals surface area contributed by atoms with E-state index in [4.69, 9.17) is 0 Å². The van der Waals surface area contributed by atoms with Crippen molar-refractivity contribution in [3.05, 3.63) is 35.6 Å². The fraction of sp³-hybridized carbons (Fsp3) is 0.750. The molecule has 1 N–H and O–H groups in total.